The highest BCUT2D eigenvalue weighted by Gasteiger charge is 2.25. The molecule has 0 bridgehead atoms. The first-order valence-corrected chi connectivity index (χ1v) is 11.8. The Kier molecular flexibility index (Phi) is 10.4. The van der Waals surface area contributed by atoms with Crippen LogP contribution in [0.25, 0.3) is 0 Å². The minimum atomic E-state index is -0.158. The normalized spacial score (nSPS) is 15.6. The minimum absolute atomic E-state index is 0.0112. The molecule has 1 aliphatic heterocycles. The second kappa shape index (κ2) is 13.2. The number of rotatable bonds is 11. The third kappa shape index (κ3) is 6.98. The molecule has 0 fully saturated rings. The van der Waals surface area contributed by atoms with E-state index in [1.54, 1.807) is 24.2 Å². The van der Waals surface area contributed by atoms with Crippen LogP contribution in [0.15, 0.2) is 90.6 Å². The van der Waals surface area contributed by atoms with E-state index in [-0.39, 0.29) is 17.9 Å². The van der Waals surface area contributed by atoms with Crippen LogP contribution in [0.3, 0.4) is 0 Å². The summed E-state index contributed by atoms with van der Waals surface area (Å²) in [6.45, 7) is 8.01. The van der Waals surface area contributed by atoms with Crippen LogP contribution in [0, 0.1) is 0 Å². The molecule has 2 amide bonds. The van der Waals surface area contributed by atoms with Gasteiger partial charge < -0.3 is 20.0 Å². The Labute approximate surface area is 204 Å². The van der Waals surface area contributed by atoms with Crippen molar-refractivity contribution in [3.63, 3.8) is 0 Å². The lowest BCUT2D eigenvalue weighted by atomic mass is 9.99. The van der Waals surface area contributed by atoms with E-state index in [2.05, 4.69) is 24.0 Å². The molecule has 0 aromatic heterocycles. The summed E-state index contributed by atoms with van der Waals surface area (Å²) in [6.07, 6.45) is 13.2. The maximum Gasteiger partial charge on any atom is 0.267 e. The molecule has 6 nitrogen and oxygen atoms in total. The molecule has 1 aromatic carbocycles. The van der Waals surface area contributed by atoms with Crippen LogP contribution in [0.2, 0.25) is 0 Å². The Morgan fingerprint density at radius 1 is 1.18 bits per heavy atom. The van der Waals surface area contributed by atoms with Gasteiger partial charge in [-0.15, -0.1) is 0 Å². The fraction of sp³-hybridized carbons (Fsp3) is 0.357. The number of likely N-dealkylation sites (N-methyl/N-ethyl adjacent to an activating group) is 3. The van der Waals surface area contributed by atoms with Gasteiger partial charge in [-0.05, 0) is 50.1 Å². The van der Waals surface area contributed by atoms with Gasteiger partial charge in [-0.3, -0.25) is 9.59 Å². The summed E-state index contributed by atoms with van der Waals surface area (Å²) in [4.78, 5) is 31.7. The summed E-state index contributed by atoms with van der Waals surface area (Å²) in [5, 5.41) is 3.00. The van der Waals surface area contributed by atoms with Crippen LogP contribution in [-0.2, 0) is 16.0 Å². The Morgan fingerprint density at radius 2 is 1.88 bits per heavy atom. The molecular weight excluding hydrogens is 424 g/mol. The first-order chi connectivity index (χ1) is 16.3. The third-order valence-electron chi connectivity index (χ3n) is 6.08. The van der Waals surface area contributed by atoms with Crippen LogP contribution in [0.1, 0.15) is 32.3 Å². The van der Waals surface area contributed by atoms with Gasteiger partial charge in [0, 0.05) is 51.2 Å². The fourth-order valence-electron chi connectivity index (χ4n) is 4.01. The van der Waals surface area contributed by atoms with Gasteiger partial charge in [0.2, 0.25) is 0 Å². The van der Waals surface area contributed by atoms with Crippen molar-refractivity contribution in [3.8, 4) is 0 Å². The average molecular weight is 463 g/mol. The minimum Gasteiger partial charge on any atom is -0.351 e. The van der Waals surface area contributed by atoms with Crippen LogP contribution >= 0.6 is 0 Å². The summed E-state index contributed by atoms with van der Waals surface area (Å²) in [5.41, 5.74) is 3.38. The Hall–Kier alpha value is -3.54. The molecule has 2 rings (SSSR count). The summed E-state index contributed by atoms with van der Waals surface area (Å²) < 4.78 is 0. The maximum absolute atomic E-state index is 13.6. The van der Waals surface area contributed by atoms with Crippen molar-refractivity contribution >= 4 is 11.8 Å². The number of carbonyl (C=O) groups excluding carboxylic acids is 2. The number of hydrogen-bond donors (Lipinski definition) is 1. The number of allylic oxidation sites excluding steroid dienone is 4. The van der Waals surface area contributed by atoms with E-state index < -0.39 is 0 Å². The number of nitrogens with one attached hydrogen (secondary N) is 1. The SMILES string of the molecule is C=CN(C)C(=CC)C(=O)NCCC(Cc1ccccc1)N(C)C(=O)C(CC)=C1C=CC=CN1C. The smallest absolute Gasteiger partial charge is 0.267 e. The first-order valence-electron chi connectivity index (χ1n) is 11.8. The van der Waals surface area contributed by atoms with Crippen molar-refractivity contribution in [1.82, 2.24) is 20.0 Å². The lowest BCUT2D eigenvalue weighted by molar-refractivity contribution is -0.128. The van der Waals surface area contributed by atoms with Crippen molar-refractivity contribution in [3.05, 3.63) is 96.1 Å². The Balaban J connectivity index is 2.21. The molecule has 1 aromatic rings. The number of carbonyl (C=O) groups is 2. The largest absolute Gasteiger partial charge is 0.351 e. The lowest BCUT2D eigenvalue weighted by Crippen LogP contribution is -2.42. The highest BCUT2D eigenvalue weighted by atomic mass is 16.2. The summed E-state index contributed by atoms with van der Waals surface area (Å²) in [6, 6.07) is 10.1. The number of hydrogen-bond acceptors (Lipinski definition) is 4. The molecule has 0 aliphatic carbocycles. The quantitative estimate of drug-likeness (QED) is 0.500. The van der Waals surface area contributed by atoms with Gasteiger partial charge in [-0.25, -0.2) is 0 Å². The zero-order valence-corrected chi connectivity index (χ0v) is 21.1. The Morgan fingerprint density at radius 3 is 2.47 bits per heavy atom. The molecule has 0 radical (unpaired) electrons. The second-order valence-electron chi connectivity index (χ2n) is 8.30. The molecule has 1 unspecified atom stereocenters. The highest BCUT2D eigenvalue weighted by Crippen LogP contribution is 2.22. The molecule has 34 heavy (non-hydrogen) atoms. The van der Waals surface area contributed by atoms with Crippen molar-refractivity contribution in [2.24, 2.45) is 0 Å². The first kappa shape index (κ1) is 26.7. The lowest BCUT2D eigenvalue weighted by Gasteiger charge is -2.31. The average Bonchev–Trinajstić information content (AvgIpc) is 2.85. The predicted molar refractivity (Wildman–Crippen MR) is 139 cm³/mol. The molecule has 0 spiro atoms. The van der Waals surface area contributed by atoms with Gasteiger partial charge in [-0.1, -0.05) is 56.0 Å². The number of amides is 2. The van der Waals surface area contributed by atoms with Crippen molar-refractivity contribution < 1.29 is 9.59 Å². The molecular formula is C28H38N4O2. The Bertz CT molecular complexity index is 975. The van der Waals surface area contributed by atoms with E-state index >= 15 is 0 Å². The number of benzene rings is 1. The van der Waals surface area contributed by atoms with Crippen LogP contribution in [-0.4, -0.2) is 60.2 Å². The topological polar surface area (TPSA) is 55.9 Å². The fourth-order valence-corrected chi connectivity index (χ4v) is 4.01. The van der Waals surface area contributed by atoms with Crippen LogP contribution in [0.5, 0.6) is 0 Å². The third-order valence-corrected chi connectivity index (χ3v) is 6.08. The summed E-state index contributed by atoms with van der Waals surface area (Å²) >= 11 is 0. The highest BCUT2D eigenvalue weighted by molar-refractivity contribution is 5.95. The molecule has 1 aliphatic rings. The standard InChI is InChI=1S/C28H38N4O2/c1-7-24(26-17-13-14-20-31(26)5)28(34)32(6)23(21-22-15-11-10-12-16-22)18-19-29-27(33)25(8-2)30(4)9-3/h8-17,20,23H,3,7,18-19,21H2,1-2,4-6H3,(H,29,33). The molecule has 6 heteroatoms. The van der Waals surface area contributed by atoms with Gasteiger partial charge in [0.05, 0.1) is 0 Å². The number of nitrogens with zero attached hydrogens (tertiary/aromatic N) is 3. The molecule has 1 atom stereocenters. The monoisotopic (exact) mass is 462 g/mol. The van der Waals surface area contributed by atoms with E-state index in [0.29, 0.717) is 31.5 Å². The molecule has 1 heterocycles. The summed E-state index contributed by atoms with van der Waals surface area (Å²) in [5.74, 6) is -0.147. The zero-order chi connectivity index (χ0) is 25.1. The van der Waals surface area contributed by atoms with Crippen molar-refractivity contribution in [1.29, 1.82) is 0 Å². The molecule has 182 valence electrons. The van der Waals surface area contributed by atoms with Gasteiger partial charge in [0.15, 0.2) is 0 Å². The van der Waals surface area contributed by atoms with Gasteiger partial charge >= 0.3 is 0 Å². The van der Waals surface area contributed by atoms with E-state index in [9.17, 15) is 9.59 Å². The molecule has 0 saturated carbocycles. The summed E-state index contributed by atoms with van der Waals surface area (Å²) in [7, 11) is 5.60. The van der Waals surface area contributed by atoms with E-state index in [4.69, 9.17) is 0 Å². The van der Waals surface area contributed by atoms with Crippen LogP contribution in [0.4, 0.5) is 0 Å². The zero-order valence-electron chi connectivity index (χ0n) is 21.1. The molecule has 1 N–H and O–H groups in total. The van der Waals surface area contributed by atoms with E-state index in [1.165, 1.54) is 0 Å². The van der Waals surface area contributed by atoms with Gasteiger partial charge in [0.25, 0.3) is 11.8 Å². The maximum atomic E-state index is 13.6. The predicted octanol–water partition coefficient (Wildman–Crippen LogP) is 4.22. The van der Waals surface area contributed by atoms with E-state index in [1.807, 2.05) is 80.4 Å². The van der Waals surface area contributed by atoms with Gasteiger partial charge in [0.1, 0.15) is 5.70 Å². The van der Waals surface area contributed by atoms with Gasteiger partial charge in [-0.2, -0.15) is 0 Å². The second-order valence-corrected chi connectivity index (χ2v) is 8.30. The molecule has 0 saturated heterocycles. The van der Waals surface area contributed by atoms with E-state index in [0.717, 1.165) is 16.8 Å². The van der Waals surface area contributed by atoms with Crippen molar-refractivity contribution in [2.75, 3.05) is 27.7 Å². The van der Waals surface area contributed by atoms with Crippen LogP contribution < -0.4 is 5.32 Å². The van der Waals surface area contributed by atoms with Crippen molar-refractivity contribution in [2.45, 2.75) is 39.2 Å².